The molecular formula is C13H13N3O4S. The number of phenols is 1. The molecule has 1 heterocycles. The molecule has 1 saturated heterocycles. The van der Waals surface area contributed by atoms with E-state index in [-0.39, 0.29) is 23.2 Å². The number of amidine groups is 1. The van der Waals surface area contributed by atoms with Crippen LogP contribution in [0.3, 0.4) is 0 Å². The SMILES string of the molecule is C/C(=N\N=C1/NC(=O)C(CC(=O)O)S1)c1ccc(O)cc1. The molecule has 0 bridgehead atoms. The van der Waals surface area contributed by atoms with Crippen molar-refractivity contribution in [3.8, 4) is 5.75 Å². The second-order valence-electron chi connectivity index (χ2n) is 4.33. The minimum atomic E-state index is -1.03. The number of rotatable bonds is 4. The maximum absolute atomic E-state index is 11.5. The van der Waals surface area contributed by atoms with Crippen molar-refractivity contribution < 1.29 is 19.8 Å². The first-order valence-electron chi connectivity index (χ1n) is 6.06. The number of phenolic OH excluding ortho intramolecular Hbond substituents is 1. The van der Waals surface area contributed by atoms with Crippen LogP contribution in [0.15, 0.2) is 34.5 Å². The van der Waals surface area contributed by atoms with Crippen molar-refractivity contribution in [1.29, 1.82) is 0 Å². The van der Waals surface area contributed by atoms with Gasteiger partial charge in [0.15, 0.2) is 5.17 Å². The van der Waals surface area contributed by atoms with Crippen molar-refractivity contribution in [1.82, 2.24) is 5.32 Å². The Kier molecular flexibility index (Phi) is 4.59. The second-order valence-corrected chi connectivity index (χ2v) is 5.52. The first-order chi connectivity index (χ1) is 9.95. The van der Waals surface area contributed by atoms with Gasteiger partial charge in [0.05, 0.1) is 12.1 Å². The number of carbonyl (C=O) groups is 2. The molecule has 1 fully saturated rings. The lowest BCUT2D eigenvalue weighted by molar-refractivity contribution is -0.138. The molecule has 2 rings (SSSR count). The topological polar surface area (TPSA) is 111 Å². The fourth-order valence-corrected chi connectivity index (χ4v) is 2.53. The highest BCUT2D eigenvalue weighted by atomic mass is 32.2. The Hall–Kier alpha value is -2.35. The van der Waals surface area contributed by atoms with E-state index in [1.54, 1.807) is 19.1 Å². The Labute approximate surface area is 124 Å². The number of thioether (sulfide) groups is 1. The molecule has 1 aliphatic heterocycles. The molecule has 1 aromatic rings. The van der Waals surface area contributed by atoms with Crippen molar-refractivity contribution >= 4 is 34.5 Å². The molecule has 7 nitrogen and oxygen atoms in total. The average molecular weight is 307 g/mol. The fraction of sp³-hybridized carbons (Fsp3) is 0.231. The number of nitrogens with zero attached hydrogens (tertiary/aromatic N) is 2. The second kappa shape index (κ2) is 6.40. The highest BCUT2D eigenvalue weighted by molar-refractivity contribution is 8.15. The zero-order valence-corrected chi connectivity index (χ0v) is 11.9. The number of nitrogens with one attached hydrogen (secondary N) is 1. The van der Waals surface area contributed by atoms with E-state index in [2.05, 4.69) is 15.5 Å². The molecule has 110 valence electrons. The molecule has 1 atom stereocenters. The third kappa shape index (κ3) is 4.06. The number of hydrogen-bond donors (Lipinski definition) is 3. The van der Waals surface area contributed by atoms with E-state index < -0.39 is 11.2 Å². The fourth-order valence-electron chi connectivity index (χ4n) is 1.63. The van der Waals surface area contributed by atoms with Crippen molar-refractivity contribution in [2.24, 2.45) is 10.2 Å². The normalized spacial score (nSPS) is 20.6. The van der Waals surface area contributed by atoms with Crippen LogP contribution in [0, 0.1) is 0 Å². The highest BCUT2D eigenvalue weighted by Gasteiger charge is 2.32. The Morgan fingerprint density at radius 1 is 1.38 bits per heavy atom. The Bertz CT molecular complexity index is 625. The maximum Gasteiger partial charge on any atom is 0.305 e. The van der Waals surface area contributed by atoms with Gasteiger partial charge < -0.3 is 15.5 Å². The molecule has 0 aliphatic carbocycles. The summed E-state index contributed by atoms with van der Waals surface area (Å²) in [6.45, 7) is 1.74. The predicted molar refractivity (Wildman–Crippen MR) is 79.5 cm³/mol. The summed E-state index contributed by atoms with van der Waals surface area (Å²) in [6.07, 6.45) is -0.254. The van der Waals surface area contributed by atoms with Crippen LogP contribution >= 0.6 is 11.8 Å². The zero-order valence-electron chi connectivity index (χ0n) is 11.1. The van der Waals surface area contributed by atoms with Gasteiger partial charge in [-0.3, -0.25) is 9.59 Å². The molecule has 8 heteroatoms. The average Bonchev–Trinajstić information content (AvgIpc) is 2.77. The molecule has 0 radical (unpaired) electrons. The van der Waals surface area contributed by atoms with Gasteiger partial charge in [-0.2, -0.15) is 5.10 Å². The standard InChI is InChI=1S/C13H13N3O4S/c1-7(8-2-4-9(17)5-3-8)15-16-13-14-12(20)10(21-13)6-11(18)19/h2-5,10,17H,6H2,1H3,(H,18,19)(H,14,16,20)/b15-7+. The number of aliphatic carboxylic acids is 1. The lowest BCUT2D eigenvalue weighted by atomic mass is 10.1. The monoisotopic (exact) mass is 307 g/mol. The summed E-state index contributed by atoms with van der Waals surface area (Å²) in [5, 5.41) is 27.9. The Morgan fingerprint density at radius 2 is 2.05 bits per heavy atom. The van der Waals surface area contributed by atoms with Crippen LogP contribution < -0.4 is 5.32 Å². The highest BCUT2D eigenvalue weighted by Crippen LogP contribution is 2.22. The minimum absolute atomic E-state index is 0.160. The zero-order chi connectivity index (χ0) is 15.4. The maximum atomic E-state index is 11.5. The first-order valence-corrected chi connectivity index (χ1v) is 6.94. The van der Waals surface area contributed by atoms with E-state index >= 15 is 0 Å². The summed E-state index contributed by atoms with van der Waals surface area (Å²) in [7, 11) is 0. The van der Waals surface area contributed by atoms with Gasteiger partial charge in [0.25, 0.3) is 0 Å². The van der Waals surface area contributed by atoms with Gasteiger partial charge in [0, 0.05) is 0 Å². The van der Waals surface area contributed by atoms with Crippen LogP contribution in [0.1, 0.15) is 18.9 Å². The van der Waals surface area contributed by atoms with E-state index in [0.717, 1.165) is 17.3 Å². The van der Waals surface area contributed by atoms with Crippen LogP contribution in [0.4, 0.5) is 0 Å². The number of benzene rings is 1. The number of amides is 1. The molecule has 0 saturated carbocycles. The third-order valence-electron chi connectivity index (χ3n) is 2.71. The summed E-state index contributed by atoms with van der Waals surface area (Å²) in [5.74, 6) is -1.25. The largest absolute Gasteiger partial charge is 0.508 e. The number of carboxylic acid groups (broad SMARTS) is 1. The molecule has 1 aromatic carbocycles. The Morgan fingerprint density at radius 3 is 2.67 bits per heavy atom. The van der Waals surface area contributed by atoms with E-state index in [4.69, 9.17) is 5.11 Å². The van der Waals surface area contributed by atoms with E-state index in [0.29, 0.717) is 5.71 Å². The third-order valence-corrected chi connectivity index (χ3v) is 3.78. The van der Waals surface area contributed by atoms with Crippen molar-refractivity contribution in [2.75, 3.05) is 0 Å². The smallest absolute Gasteiger partial charge is 0.305 e. The minimum Gasteiger partial charge on any atom is -0.508 e. The number of aromatic hydroxyl groups is 1. The van der Waals surface area contributed by atoms with Gasteiger partial charge in [-0.15, -0.1) is 5.10 Å². The summed E-state index contributed by atoms with van der Waals surface area (Å²) < 4.78 is 0. The molecule has 3 N–H and O–H groups in total. The van der Waals surface area contributed by atoms with E-state index in [1.807, 2.05) is 0 Å². The first kappa shape index (κ1) is 15.0. The van der Waals surface area contributed by atoms with Gasteiger partial charge in [0.1, 0.15) is 11.0 Å². The van der Waals surface area contributed by atoms with Crippen molar-refractivity contribution in [3.05, 3.63) is 29.8 Å². The molecule has 1 aliphatic rings. The number of carbonyl (C=O) groups excluding carboxylic acids is 1. The van der Waals surface area contributed by atoms with Gasteiger partial charge in [-0.05, 0) is 36.8 Å². The lowest BCUT2D eigenvalue weighted by Crippen LogP contribution is -2.26. The van der Waals surface area contributed by atoms with Gasteiger partial charge in [0.2, 0.25) is 5.91 Å². The van der Waals surface area contributed by atoms with Crippen molar-refractivity contribution in [3.63, 3.8) is 0 Å². The van der Waals surface area contributed by atoms with Crippen molar-refractivity contribution in [2.45, 2.75) is 18.6 Å². The summed E-state index contributed by atoms with van der Waals surface area (Å²) in [4.78, 5) is 22.1. The van der Waals surface area contributed by atoms with E-state index in [9.17, 15) is 14.7 Å². The van der Waals surface area contributed by atoms with Crippen LogP contribution in [-0.2, 0) is 9.59 Å². The van der Waals surface area contributed by atoms with Crippen LogP contribution in [0.25, 0.3) is 0 Å². The molecular weight excluding hydrogens is 294 g/mol. The molecule has 0 spiro atoms. The van der Waals surface area contributed by atoms with E-state index in [1.165, 1.54) is 12.1 Å². The van der Waals surface area contributed by atoms with Crippen LogP contribution in [0.2, 0.25) is 0 Å². The summed E-state index contributed by atoms with van der Waals surface area (Å²) in [5.41, 5.74) is 1.40. The summed E-state index contributed by atoms with van der Waals surface area (Å²) in [6, 6.07) is 6.47. The Balaban J connectivity index is 2.07. The van der Waals surface area contributed by atoms with Crippen LogP contribution in [-0.4, -0.2) is 38.2 Å². The summed E-state index contributed by atoms with van der Waals surface area (Å²) >= 11 is 1.05. The van der Waals surface area contributed by atoms with Gasteiger partial charge in [-0.1, -0.05) is 11.8 Å². The molecule has 1 unspecified atom stereocenters. The van der Waals surface area contributed by atoms with Gasteiger partial charge in [-0.25, -0.2) is 0 Å². The molecule has 1 amide bonds. The molecule has 21 heavy (non-hydrogen) atoms. The molecule has 0 aromatic heterocycles. The lowest BCUT2D eigenvalue weighted by Gasteiger charge is -1.99. The number of carboxylic acids is 1. The van der Waals surface area contributed by atoms with Gasteiger partial charge >= 0.3 is 5.97 Å². The quantitative estimate of drug-likeness (QED) is 0.571. The predicted octanol–water partition coefficient (Wildman–Crippen LogP) is 1.18. The van der Waals surface area contributed by atoms with Crippen LogP contribution in [0.5, 0.6) is 5.75 Å². The number of hydrogen-bond acceptors (Lipinski definition) is 6.